The topological polar surface area (TPSA) is 67.6 Å². The smallest absolute Gasteiger partial charge is 0.318 e. The number of hydrogen-bond acceptors (Lipinski definition) is 4. The predicted octanol–water partition coefficient (Wildman–Crippen LogP) is 1.56. The number of oxazole rings is 1. The molecule has 1 atom stereocenters. The van der Waals surface area contributed by atoms with Gasteiger partial charge in [0, 0.05) is 25.6 Å². The third-order valence-electron chi connectivity index (χ3n) is 3.27. The third kappa shape index (κ3) is 3.70. The van der Waals surface area contributed by atoms with E-state index in [4.69, 9.17) is 9.15 Å². The summed E-state index contributed by atoms with van der Waals surface area (Å²) < 4.78 is 10.6. The first-order valence-corrected chi connectivity index (χ1v) is 6.76. The van der Waals surface area contributed by atoms with E-state index in [-0.39, 0.29) is 12.1 Å². The number of hydrogen-bond donors (Lipinski definition) is 1. The fourth-order valence-electron chi connectivity index (χ4n) is 2.06. The Labute approximate surface area is 113 Å². The minimum absolute atomic E-state index is 0.0703. The number of carbonyl (C=O) groups excluding carboxylic acids is 1. The van der Waals surface area contributed by atoms with Crippen molar-refractivity contribution in [1.82, 2.24) is 15.2 Å². The van der Waals surface area contributed by atoms with Crippen LogP contribution in [0, 0.1) is 0 Å². The second kappa shape index (κ2) is 6.56. The molecule has 0 aromatic carbocycles. The summed E-state index contributed by atoms with van der Waals surface area (Å²) in [5.41, 5.74) is 0.754. The molecule has 1 aromatic rings. The molecule has 1 saturated heterocycles. The van der Waals surface area contributed by atoms with Crippen molar-refractivity contribution in [3.63, 3.8) is 0 Å². The zero-order valence-corrected chi connectivity index (χ0v) is 11.5. The molecule has 19 heavy (non-hydrogen) atoms. The number of aryl methyl sites for hydroxylation is 1. The summed E-state index contributed by atoms with van der Waals surface area (Å²) in [5.74, 6) is 0.695. The number of urea groups is 1. The maximum atomic E-state index is 12.1. The molecular formula is C13H21N3O3. The molecule has 1 aromatic heterocycles. The van der Waals surface area contributed by atoms with Gasteiger partial charge < -0.3 is 19.4 Å². The van der Waals surface area contributed by atoms with Crippen LogP contribution in [0.5, 0.6) is 0 Å². The number of nitrogens with zero attached hydrogens (tertiary/aromatic N) is 2. The van der Waals surface area contributed by atoms with Crippen molar-refractivity contribution in [3.05, 3.63) is 17.8 Å². The van der Waals surface area contributed by atoms with Crippen LogP contribution in [0.4, 0.5) is 4.79 Å². The normalized spacial score (nSPS) is 20.1. The van der Waals surface area contributed by atoms with Gasteiger partial charge in [-0.1, -0.05) is 6.92 Å². The van der Waals surface area contributed by atoms with Gasteiger partial charge in [0.1, 0.15) is 6.26 Å². The van der Waals surface area contributed by atoms with Crippen LogP contribution in [0.1, 0.15) is 31.9 Å². The molecule has 1 unspecified atom stereocenters. The molecule has 1 aliphatic rings. The zero-order chi connectivity index (χ0) is 13.7. The first-order chi connectivity index (χ1) is 9.20. The van der Waals surface area contributed by atoms with Crippen LogP contribution in [-0.2, 0) is 17.7 Å². The Bertz CT molecular complexity index is 419. The number of nitrogens with one attached hydrogen (secondary N) is 1. The van der Waals surface area contributed by atoms with E-state index in [2.05, 4.69) is 10.3 Å². The highest BCUT2D eigenvalue weighted by Gasteiger charge is 2.22. The van der Waals surface area contributed by atoms with Crippen molar-refractivity contribution in [2.45, 2.75) is 39.3 Å². The van der Waals surface area contributed by atoms with Crippen LogP contribution in [0.25, 0.3) is 0 Å². The SMILES string of the molecule is CCc1nc(CNC(=O)N2CCOCCC2C)co1. The summed E-state index contributed by atoms with van der Waals surface area (Å²) in [6, 6.07) is 0.130. The Morgan fingerprint density at radius 1 is 1.58 bits per heavy atom. The molecule has 1 N–H and O–H groups in total. The molecule has 0 saturated carbocycles. The Morgan fingerprint density at radius 2 is 2.42 bits per heavy atom. The molecular weight excluding hydrogens is 246 g/mol. The van der Waals surface area contributed by atoms with E-state index in [9.17, 15) is 4.79 Å². The van der Waals surface area contributed by atoms with Gasteiger partial charge in [0.25, 0.3) is 0 Å². The van der Waals surface area contributed by atoms with Crippen molar-refractivity contribution in [2.75, 3.05) is 19.8 Å². The van der Waals surface area contributed by atoms with E-state index >= 15 is 0 Å². The lowest BCUT2D eigenvalue weighted by atomic mass is 10.2. The van der Waals surface area contributed by atoms with Gasteiger partial charge in [-0.2, -0.15) is 0 Å². The van der Waals surface area contributed by atoms with Gasteiger partial charge in [-0.25, -0.2) is 9.78 Å². The largest absolute Gasteiger partial charge is 0.449 e. The van der Waals surface area contributed by atoms with Gasteiger partial charge in [0.05, 0.1) is 18.8 Å². The maximum absolute atomic E-state index is 12.1. The van der Waals surface area contributed by atoms with Gasteiger partial charge in [-0.05, 0) is 13.3 Å². The molecule has 2 heterocycles. The Balaban J connectivity index is 1.85. The molecule has 1 fully saturated rings. The lowest BCUT2D eigenvalue weighted by molar-refractivity contribution is 0.142. The van der Waals surface area contributed by atoms with E-state index in [1.54, 1.807) is 6.26 Å². The fourth-order valence-corrected chi connectivity index (χ4v) is 2.06. The van der Waals surface area contributed by atoms with Crippen LogP contribution in [0.15, 0.2) is 10.7 Å². The average molecular weight is 267 g/mol. The number of amides is 2. The second-order valence-electron chi connectivity index (χ2n) is 4.69. The highest BCUT2D eigenvalue weighted by atomic mass is 16.5. The van der Waals surface area contributed by atoms with Gasteiger partial charge in [-0.15, -0.1) is 0 Å². The first-order valence-electron chi connectivity index (χ1n) is 6.76. The van der Waals surface area contributed by atoms with Crippen molar-refractivity contribution in [1.29, 1.82) is 0 Å². The summed E-state index contributed by atoms with van der Waals surface area (Å²) >= 11 is 0. The first kappa shape index (κ1) is 13.9. The van der Waals surface area contributed by atoms with Crippen LogP contribution in [0.3, 0.4) is 0 Å². The highest BCUT2D eigenvalue weighted by molar-refractivity contribution is 5.74. The third-order valence-corrected chi connectivity index (χ3v) is 3.27. The summed E-state index contributed by atoms with van der Waals surface area (Å²) in [6.07, 6.45) is 3.22. The molecule has 0 aliphatic carbocycles. The van der Waals surface area contributed by atoms with Crippen LogP contribution in [-0.4, -0.2) is 41.7 Å². The highest BCUT2D eigenvalue weighted by Crippen LogP contribution is 2.09. The standard InChI is InChI=1S/C13H21N3O3/c1-3-12-15-11(9-19-12)8-14-13(17)16-5-7-18-6-4-10(16)2/h9-10H,3-8H2,1-2H3,(H,14,17). The molecule has 0 bridgehead atoms. The number of rotatable bonds is 3. The minimum atomic E-state index is -0.0703. The average Bonchev–Trinajstić information content (AvgIpc) is 2.77. The quantitative estimate of drug-likeness (QED) is 0.902. The van der Waals surface area contributed by atoms with E-state index in [1.165, 1.54) is 0 Å². The summed E-state index contributed by atoms with van der Waals surface area (Å²) in [5, 5.41) is 2.87. The monoisotopic (exact) mass is 267 g/mol. The van der Waals surface area contributed by atoms with E-state index in [1.807, 2.05) is 18.7 Å². The Hall–Kier alpha value is -1.56. The molecule has 2 rings (SSSR count). The number of carbonyl (C=O) groups is 1. The molecule has 6 nitrogen and oxygen atoms in total. The van der Waals surface area contributed by atoms with Crippen molar-refractivity contribution in [3.8, 4) is 0 Å². The number of aromatic nitrogens is 1. The van der Waals surface area contributed by atoms with Crippen LogP contribution >= 0.6 is 0 Å². The molecule has 2 amide bonds. The van der Waals surface area contributed by atoms with Crippen molar-refractivity contribution < 1.29 is 13.9 Å². The lowest BCUT2D eigenvalue weighted by Crippen LogP contribution is -2.45. The van der Waals surface area contributed by atoms with E-state index < -0.39 is 0 Å². The van der Waals surface area contributed by atoms with Crippen LogP contribution < -0.4 is 5.32 Å². The number of ether oxygens (including phenoxy) is 1. The molecule has 0 radical (unpaired) electrons. The molecule has 6 heteroatoms. The lowest BCUT2D eigenvalue weighted by Gasteiger charge is -2.26. The molecule has 1 aliphatic heterocycles. The fraction of sp³-hybridized carbons (Fsp3) is 0.692. The second-order valence-corrected chi connectivity index (χ2v) is 4.69. The van der Waals surface area contributed by atoms with Gasteiger partial charge in [0.15, 0.2) is 5.89 Å². The van der Waals surface area contributed by atoms with E-state index in [0.29, 0.717) is 32.2 Å². The maximum Gasteiger partial charge on any atom is 0.318 e. The molecule has 106 valence electrons. The Kier molecular flexibility index (Phi) is 4.79. The minimum Gasteiger partial charge on any atom is -0.449 e. The summed E-state index contributed by atoms with van der Waals surface area (Å²) in [6.45, 7) is 6.36. The summed E-state index contributed by atoms with van der Waals surface area (Å²) in [7, 11) is 0. The van der Waals surface area contributed by atoms with E-state index in [0.717, 1.165) is 18.5 Å². The summed E-state index contributed by atoms with van der Waals surface area (Å²) in [4.78, 5) is 18.2. The predicted molar refractivity (Wildman–Crippen MR) is 69.7 cm³/mol. The van der Waals surface area contributed by atoms with Crippen LogP contribution in [0.2, 0.25) is 0 Å². The molecule has 0 spiro atoms. The van der Waals surface area contributed by atoms with Gasteiger partial charge in [-0.3, -0.25) is 0 Å². The Morgan fingerprint density at radius 3 is 3.16 bits per heavy atom. The van der Waals surface area contributed by atoms with Gasteiger partial charge in [0.2, 0.25) is 0 Å². The van der Waals surface area contributed by atoms with Gasteiger partial charge >= 0.3 is 6.03 Å². The van der Waals surface area contributed by atoms with Crippen molar-refractivity contribution in [2.24, 2.45) is 0 Å². The van der Waals surface area contributed by atoms with Crippen molar-refractivity contribution >= 4 is 6.03 Å². The zero-order valence-electron chi connectivity index (χ0n) is 11.5.